The molecule has 1 heterocycles. The average Bonchev–Trinajstić information content (AvgIpc) is 2.50. The minimum Gasteiger partial charge on any atom is -0.369 e. The topological polar surface area (TPSA) is 80.0 Å². The van der Waals surface area contributed by atoms with Crippen LogP contribution in [0.15, 0.2) is 21.4 Å². The quantitative estimate of drug-likeness (QED) is 0.550. The molecule has 15 heavy (non-hydrogen) atoms. The van der Waals surface area contributed by atoms with E-state index in [1.165, 1.54) is 4.88 Å². The highest BCUT2D eigenvalue weighted by Gasteiger charge is 1.98. The van der Waals surface area contributed by atoms with Gasteiger partial charge in [0.1, 0.15) is 0 Å². The van der Waals surface area contributed by atoms with Crippen LogP contribution in [0.3, 0.4) is 0 Å². The van der Waals surface area contributed by atoms with Crippen molar-refractivity contribution in [2.24, 2.45) is 21.5 Å². The summed E-state index contributed by atoms with van der Waals surface area (Å²) >= 11 is 1.62. The molecule has 0 aromatic carbocycles. The third-order valence-corrected chi connectivity index (χ3v) is 2.50. The molecule has 0 aliphatic heterocycles. The SMILES string of the molecule is Cc1cc(N=C(N)N=C(N)N(C)C)cs1. The van der Waals surface area contributed by atoms with Crippen molar-refractivity contribution >= 4 is 28.9 Å². The standard InChI is InChI=1S/C9H15N5S/c1-6-4-7(5-15-6)12-8(10)13-9(11)14(2)3/h4-5H,1-3H3,(H4,10,11,12,13). The Hall–Kier alpha value is -1.56. The van der Waals surface area contributed by atoms with Gasteiger partial charge in [-0.2, -0.15) is 4.99 Å². The lowest BCUT2D eigenvalue weighted by atomic mass is 10.5. The summed E-state index contributed by atoms with van der Waals surface area (Å²) < 4.78 is 0. The third-order valence-electron chi connectivity index (χ3n) is 1.65. The maximum atomic E-state index is 5.61. The zero-order chi connectivity index (χ0) is 11.4. The Kier molecular flexibility index (Phi) is 3.68. The Bertz CT molecular complexity index is 391. The molecule has 82 valence electrons. The highest BCUT2D eigenvalue weighted by molar-refractivity contribution is 7.10. The van der Waals surface area contributed by atoms with Crippen molar-refractivity contribution < 1.29 is 0 Å². The molecule has 0 bridgehead atoms. The van der Waals surface area contributed by atoms with Crippen LogP contribution in [0.5, 0.6) is 0 Å². The van der Waals surface area contributed by atoms with Crippen LogP contribution in [-0.4, -0.2) is 30.9 Å². The summed E-state index contributed by atoms with van der Waals surface area (Å²) in [5, 5.41) is 1.92. The highest BCUT2D eigenvalue weighted by atomic mass is 32.1. The maximum Gasteiger partial charge on any atom is 0.223 e. The Morgan fingerprint density at radius 1 is 1.40 bits per heavy atom. The predicted molar refractivity (Wildman–Crippen MR) is 65.6 cm³/mol. The van der Waals surface area contributed by atoms with E-state index in [0.29, 0.717) is 5.96 Å². The number of nitrogens with zero attached hydrogens (tertiary/aromatic N) is 3. The zero-order valence-electron chi connectivity index (χ0n) is 9.06. The molecule has 0 unspecified atom stereocenters. The summed E-state index contributed by atoms with van der Waals surface area (Å²) in [7, 11) is 3.59. The summed E-state index contributed by atoms with van der Waals surface area (Å²) in [6.07, 6.45) is 0. The molecule has 0 radical (unpaired) electrons. The molecule has 0 aliphatic rings. The minimum absolute atomic E-state index is 0.166. The second-order valence-corrected chi connectivity index (χ2v) is 4.37. The van der Waals surface area contributed by atoms with Crippen molar-refractivity contribution in [2.75, 3.05) is 14.1 Å². The largest absolute Gasteiger partial charge is 0.369 e. The molecule has 1 rings (SSSR count). The van der Waals surface area contributed by atoms with Gasteiger partial charge in [0.2, 0.25) is 5.96 Å². The van der Waals surface area contributed by atoms with Gasteiger partial charge in [-0.3, -0.25) is 0 Å². The van der Waals surface area contributed by atoms with Crippen LogP contribution in [-0.2, 0) is 0 Å². The van der Waals surface area contributed by atoms with Gasteiger partial charge in [0.25, 0.3) is 0 Å². The number of nitrogens with two attached hydrogens (primary N) is 2. The molecule has 0 spiro atoms. The number of aryl methyl sites for hydroxylation is 1. The summed E-state index contributed by atoms with van der Waals surface area (Å²) in [4.78, 5) is 10.9. The summed E-state index contributed by atoms with van der Waals surface area (Å²) in [5.41, 5.74) is 12.0. The Morgan fingerprint density at radius 2 is 2.07 bits per heavy atom. The highest BCUT2D eigenvalue weighted by Crippen LogP contribution is 2.20. The van der Waals surface area contributed by atoms with Gasteiger partial charge >= 0.3 is 0 Å². The molecule has 1 aromatic rings. The van der Waals surface area contributed by atoms with Crippen LogP contribution in [0.2, 0.25) is 0 Å². The summed E-state index contributed by atoms with van der Waals surface area (Å²) in [6, 6.07) is 1.94. The van der Waals surface area contributed by atoms with Gasteiger partial charge < -0.3 is 16.4 Å². The van der Waals surface area contributed by atoms with E-state index in [9.17, 15) is 0 Å². The molecule has 0 atom stereocenters. The van der Waals surface area contributed by atoms with Gasteiger partial charge in [0.15, 0.2) is 5.96 Å². The van der Waals surface area contributed by atoms with Crippen molar-refractivity contribution in [3.63, 3.8) is 0 Å². The first kappa shape index (κ1) is 11.5. The smallest absolute Gasteiger partial charge is 0.223 e. The van der Waals surface area contributed by atoms with E-state index in [0.717, 1.165) is 5.69 Å². The van der Waals surface area contributed by atoms with Crippen molar-refractivity contribution in [1.82, 2.24) is 4.90 Å². The van der Waals surface area contributed by atoms with Crippen molar-refractivity contribution in [1.29, 1.82) is 0 Å². The molecule has 0 saturated heterocycles. The van der Waals surface area contributed by atoms with Crippen LogP contribution in [0, 0.1) is 6.92 Å². The fourth-order valence-electron chi connectivity index (χ4n) is 0.863. The van der Waals surface area contributed by atoms with Crippen molar-refractivity contribution in [3.8, 4) is 0 Å². The maximum absolute atomic E-state index is 5.61. The third kappa shape index (κ3) is 3.59. The lowest BCUT2D eigenvalue weighted by molar-refractivity contribution is 0.615. The molecule has 0 saturated carbocycles. The van der Waals surface area contributed by atoms with E-state index < -0.39 is 0 Å². The van der Waals surface area contributed by atoms with Crippen LogP contribution in [0.4, 0.5) is 5.69 Å². The van der Waals surface area contributed by atoms with E-state index in [2.05, 4.69) is 9.98 Å². The number of rotatable bonds is 1. The van der Waals surface area contributed by atoms with Gasteiger partial charge in [-0.15, -0.1) is 11.3 Å². The number of guanidine groups is 2. The number of hydrogen-bond donors (Lipinski definition) is 2. The number of aliphatic imine (C=N–C) groups is 2. The summed E-state index contributed by atoms with van der Waals surface area (Å²) in [5.74, 6) is 0.502. The van der Waals surface area contributed by atoms with E-state index in [1.807, 2.05) is 18.4 Å². The first-order valence-corrected chi connectivity index (χ1v) is 5.28. The average molecular weight is 225 g/mol. The van der Waals surface area contributed by atoms with Gasteiger partial charge in [-0.25, -0.2) is 4.99 Å². The fourth-order valence-corrected chi connectivity index (χ4v) is 1.48. The Morgan fingerprint density at radius 3 is 2.53 bits per heavy atom. The van der Waals surface area contributed by atoms with Gasteiger partial charge in [0, 0.05) is 24.4 Å². The summed E-state index contributed by atoms with van der Waals surface area (Å²) in [6.45, 7) is 2.01. The first-order chi connectivity index (χ1) is 6.99. The molecular weight excluding hydrogens is 210 g/mol. The molecule has 0 fully saturated rings. The van der Waals surface area contributed by atoms with Gasteiger partial charge in [-0.1, -0.05) is 0 Å². The van der Waals surface area contributed by atoms with Crippen molar-refractivity contribution in [2.45, 2.75) is 6.92 Å². The lowest BCUT2D eigenvalue weighted by Gasteiger charge is -2.09. The second-order valence-electron chi connectivity index (χ2n) is 3.25. The van der Waals surface area contributed by atoms with Crippen LogP contribution in [0.25, 0.3) is 0 Å². The first-order valence-electron chi connectivity index (χ1n) is 4.40. The van der Waals surface area contributed by atoms with Crippen molar-refractivity contribution in [3.05, 3.63) is 16.3 Å². The van der Waals surface area contributed by atoms with Gasteiger partial charge in [0.05, 0.1) is 5.69 Å². The number of hydrogen-bond acceptors (Lipinski definition) is 2. The van der Waals surface area contributed by atoms with Crippen LogP contribution < -0.4 is 11.5 Å². The fraction of sp³-hybridized carbons (Fsp3) is 0.333. The van der Waals surface area contributed by atoms with Crippen LogP contribution in [0.1, 0.15) is 4.88 Å². The molecule has 0 amide bonds. The predicted octanol–water partition coefficient (Wildman–Crippen LogP) is 0.879. The lowest BCUT2D eigenvalue weighted by Crippen LogP contribution is -2.32. The van der Waals surface area contributed by atoms with E-state index in [-0.39, 0.29) is 5.96 Å². The molecule has 4 N–H and O–H groups in total. The van der Waals surface area contributed by atoms with Crippen LogP contribution >= 0.6 is 11.3 Å². The number of thiophene rings is 1. The minimum atomic E-state index is 0.166. The van der Waals surface area contributed by atoms with E-state index in [1.54, 1.807) is 30.3 Å². The molecule has 5 nitrogen and oxygen atoms in total. The monoisotopic (exact) mass is 225 g/mol. The second kappa shape index (κ2) is 4.79. The Labute approximate surface area is 93.1 Å². The Balaban J connectivity index is 2.81. The molecular formula is C9H15N5S. The van der Waals surface area contributed by atoms with E-state index in [4.69, 9.17) is 11.5 Å². The van der Waals surface area contributed by atoms with Gasteiger partial charge in [-0.05, 0) is 13.0 Å². The molecule has 6 heteroatoms. The molecule has 0 aliphatic carbocycles. The normalized spacial score (nSPS) is 13.0. The zero-order valence-corrected chi connectivity index (χ0v) is 9.88. The van der Waals surface area contributed by atoms with E-state index >= 15 is 0 Å². The molecule has 1 aromatic heterocycles.